The third-order valence-electron chi connectivity index (χ3n) is 4.61. The summed E-state index contributed by atoms with van der Waals surface area (Å²) in [4.78, 5) is 16.7. The standard InChI is InChI=1S/C19H22F3N3O3S/c1-12(13-2-4-14(5-3-13)28-10-17(23)26)8-25-6-7-27-16(9-25)15-11-29-18(24-15)19(20,21)22/h2-5,11-12,16H,6-10H2,1H3,(H2,23,26). The van der Waals surface area contributed by atoms with Gasteiger partial charge in [0.2, 0.25) is 0 Å². The van der Waals surface area contributed by atoms with E-state index in [1.807, 2.05) is 12.1 Å². The van der Waals surface area contributed by atoms with Crippen LogP contribution in [0.5, 0.6) is 5.75 Å². The summed E-state index contributed by atoms with van der Waals surface area (Å²) < 4.78 is 49.3. The van der Waals surface area contributed by atoms with E-state index in [1.54, 1.807) is 12.1 Å². The monoisotopic (exact) mass is 429 g/mol. The third-order valence-corrected chi connectivity index (χ3v) is 5.51. The van der Waals surface area contributed by atoms with Gasteiger partial charge in [-0.2, -0.15) is 13.2 Å². The van der Waals surface area contributed by atoms with E-state index in [0.717, 1.165) is 12.1 Å². The van der Waals surface area contributed by atoms with Crippen LogP contribution in [0.25, 0.3) is 0 Å². The van der Waals surface area contributed by atoms with Gasteiger partial charge in [-0.15, -0.1) is 11.3 Å². The number of primary amides is 1. The van der Waals surface area contributed by atoms with Crippen LogP contribution in [0.15, 0.2) is 29.6 Å². The summed E-state index contributed by atoms with van der Waals surface area (Å²) in [7, 11) is 0. The fraction of sp³-hybridized carbons (Fsp3) is 0.474. The van der Waals surface area contributed by atoms with E-state index in [4.69, 9.17) is 15.2 Å². The molecule has 2 N–H and O–H groups in total. The van der Waals surface area contributed by atoms with Crippen LogP contribution >= 0.6 is 11.3 Å². The second-order valence-corrected chi connectivity index (χ2v) is 7.78. The summed E-state index contributed by atoms with van der Waals surface area (Å²) in [6.45, 7) is 4.28. The van der Waals surface area contributed by atoms with Crippen LogP contribution in [0.4, 0.5) is 13.2 Å². The Kier molecular flexibility index (Phi) is 6.76. The number of thiazole rings is 1. The van der Waals surface area contributed by atoms with Crippen LogP contribution in [0.1, 0.15) is 35.2 Å². The predicted molar refractivity (Wildman–Crippen MR) is 102 cm³/mol. The molecular formula is C19H22F3N3O3S. The number of rotatable bonds is 7. The van der Waals surface area contributed by atoms with E-state index in [1.165, 1.54) is 5.38 Å². The minimum atomic E-state index is -4.43. The second-order valence-electron chi connectivity index (χ2n) is 6.92. The number of amides is 1. The summed E-state index contributed by atoms with van der Waals surface area (Å²) in [5, 5.41) is 0.575. The molecule has 158 valence electrons. The average Bonchev–Trinajstić information content (AvgIpc) is 3.18. The molecule has 2 aromatic rings. The zero-order valence-corrected chi connectivity index (χ0v) is 16.6. The molecule has 1 saturated heterocycles. The molecule has 0 radical (unpaired) electrons. The molecular weight excluding hydrogens is 407 g/mol. The Morgan fingerprint density at radius 1 is 1.41 bits per heavy atom. The van der Waals surface area contributed by atoms with Gasteiger partial charge in [-0.1, -0.05) is 19.1 Å². The molecule has 10 heteroatoms. The van der Waals surface area contributed by atoms with E-state index in [-0.39, 0.29) is 12.5 Å². The molecule has 1 aliphatic rings. The minimum Gasteiger partial charge on any atom is -0.484 e. The lowest BCUT2D eigenvalue weighted by atomic mass is 10.00. The van der Waals surface area contributed by atoms with Crippen LogP contribution < -0.4 is 10.5 Å². The van der Waals surface area contributed by atoms with Crippen molar-refractivity contribution < 1.29 is 27.4 Å². The van der Waals surface area contributed by atoms with Crippen LogP contribution in [0.3, 0.4) is 0 Å². The highest BCUT2D eigenvalue weighted by atomic mass is 32.1. The van der Waals surface area contributed by atoms with Gasteiger partial charge in [-0.05, 0) is 23.6 Å². The second kappa shape index (κ2) is 9.10. The van der Waals surface area contributed by atoms with Crippen LogP contribution in [-0.2, 0) is 15.7 Å². The van der Waals surface area contributed by atoms with Crippen molar-refractivity contribution in [1.82, 2.24) is 9.88 Å². The molecule has 2 atom stereocenters. The molecule has 0 aliphatic carbocycles. The lowest BCUT2D eigenvalue weighted by Gasteiger charge is -2.34. The fourth-order valence-corrected chi connectivity index (χ4v) is 3.88. The molecule has 6 nitrogen and oxygen atoms in total. The van der Waals surface area contributed by atoms with Gasteiger partial charge in [0.15, 0.2) is 11.6 Å². The molecule has 0 saturated carbocycles. The van der Waals surface area contributed by atoms with Crippen molar-refractivity contribution in [3.8, 4) is 5.75 Å². The Hall–Kier alpha value is -2.17. The minimum absolute atomic E-state index is 0.170. The van der Waals surface area contributed by atoms with Crippen LogP contribution in [0.2, 0.25) is 0 Å². The van der Waals surface area contributed by atoms with Crippen molar-refractivity contribution in [2.24, 2.45) is 5.73 Å². The maximum Gasteiger partial charge on any atom is 0.443 e. The first-order valence-electron chi connectivity index (χ1n) is 9.10. The number of nitrogens with zero attached hydrogens (tertiary/aromatic N) is 2. The van der Waals surface area contributed by atoms with Gasteiger partial charge in [0.05, 0.1) is 12.3 Å². The topological polar surface area (TPSA) is 77.7 Å². The highest BCUT2D eigenvalue weighted by Gasteiger charge is 2.36. The van der Waals surface area contributed by atoms with Gasteiger partial charge in [-0.3, -0.25) is 9.69 Å². The van der Waals surface area contributed by atoms with Gasteiger partial charge >= 0.3 is 6.18 Å². The number of hydrogen-bond acceptors (Lipinski definition) is 6. The predicted octanol–water partition coefficient (Wildman–Crippen LogP) is 3.20. The molecule has 3 rings (SSSR count). The molecule has 1 fully saturated rings. The molecule has 1 aromatic carbocycles. The zero-order chi connectivity index (χ0) is 21.0. The van der Waals surface area contributed by atoms with Crippen molar-refractivity contribution in [3.63, 3.8) is 0 Å². The van der Waals surface area contributed by atoms with E-state index >= 15 is 0 Å². The SMILES string of the molecule is CC(CN1CCOC(c2csc(C(F)(F)F)n2)C1)c1ccc(OCC(N)=O)cc1. The summed E-state index contributed by atoms with van der Waals surface area (Å²) in [6.07, 6.45) is -4.90. The number of carbonyl (C=O) groups excluding carboxylic acids is 1. The first-order chi connectivity index (χ1) is 13.7. The Labute approximate surface area is 170 Å². The van der Waals surface area contributed by atoms with Crippen molar-refractivity contribution in [3.05, 3.63) is 45.9 Å². The van der Waals surface area contributed by atoms with Crippen molar-refractivity contribution >= 4 is 17.2 Å². The van der Waals surface area contributed by atoms with Gasteiger partial charge in [-0.25, -0.2) is 4.98 Å². The first-order valence-corrected chi connectivity index (χ1v) is 9.98. The number of carbonyl (C=O) groups is 1. The third kappa shape index (κ3) is 5.91. The van der Waals surface area contributed by atoms with Gasteiger partial charge in [0, 0.05) is 25.0 Å². The maximum atomic E-state index is 12.8. The first kappa shape index (κ1) is 21.5. The number of alkyl halides is 3. The molecule has 0 spiro atoms. The smallest absolute Gasteiger partial charge is 0.443 e. The molecule has 29 heavy (non-hydrogen) atoms. The summed E-state index contributed by atoms with van der Waals surface area (Å²) in [5.74, 6) is 0.224. The number of nitrogens with two attached hydrogens (primary N) is 1. The molecule has 1 aliphatic heterocycles. The van der Waals surface area contributed by atoms with Gasteiger partial charge in [0.25, 0.3) is 5.91 Å². The normalized spacial score (nSPS) is 19.1. The number of morpholine rings is 1. The van der Waals surface area contributed by atoms with Crippen molar-refractivity contribution in [2.45, 2.75) is 25.1 Å². The van der Waals surface area contributed by atoms with Gasteiger partial charge < -0.3 is 15.2 Å². The molecule has 0 bridgehead atoms. The number of halogens is 3. The van der Waals surface area contributed by atoms with Crippen LogP contribution in [0, 0.1) is 0 Å². The highest BCUT2D eigenvalue weighted by Crippen LogP contribution is 2.34. The van der Waals surface area contributed by atoms with Crippen molar-refractivity contribution in [1.29, 1.82) is 0 Å². The van der Waals surface area contributed by atoms with E-state index < -0.39 is 23.2 Å². The number of benzene rings is 1. The maximum absolute atomic E-state index is 12.8. The summed E-state index contributed by atoms with van der Waals surface area (Å²) in [5.41, 5.74) is 6.48. The lowest BCUT2D eigenvalue weighted by molar-refractivity contribution is -0.138. The summed E-state index contributed by atoms with van der Waals surface area (Å²) >= 11 is 0.594. The molecule has 2 unspecified atom stereocenters. The Balaban J connectivity index is 1.57. The van der Waals surface area contributed by atoms with Crippen molar-refractivity contribution in [2.75, 3.05) is 32.8 Å². The number of aromatic nitrogens is 1. The molecule has 1 amide bonds. The van der Waals surface area contributed by atoms with Crippen LogP contribution in [-0.4, -0.2) is 48.6 Å². The number of ether oxygens (including phenoxy) is 2. The van der Waals surface area contributed by atoms with E-state index in [0.29, 0.717) is 42.5 Å². The van der Waals surface area contributed by atoms with Gasteiger partial charge in [0.1, 0.15) is 11.9 Å². The summed E-state index contributed by atoms with van der Waals surface area (Å²) in [6, 6.07) is 7.42. The lowest BCUT2D eigenvalue weighted by Crippen LogP contribution is -2.40. The largest absolute Gasteiger partial charge is 0.484 e. The zero-order valence-electron chi connectivity index (χ0n) is 15.8. The molecule has 2 heterocycles. The Morgan fingerprint density at radius 3 is 2.76 bits per heavy atom. The number of hydrogen-bond donors (Lipinski definition) is 1. The fourth-order valence-electron chi connectivity index (χ4n) is 3.15. The highest BCUT2D eigenvalue weighted by molar-refractivity contribution is 7.09. The van der Waals surface area contributed by atoms with E-state index in [2.05, 4.69) is 16.8 Å². The average molecular weight is 429 g/mol. The Morgan fingerprint density at radius 2 is 2.14 bits per heavy atom. The molecule has 1 aromatic heterocycles. The Bertz CT molecular complexity index is 826. The quantitative estimate of drug-likeness (QED) is 0.731. The van der Waals surface area contributed by atoms with E-state index in [9.17, 15) is 18.0 Å².